The molecule has 5 nitrogen and oxygen atoms in total. The third-order valence-corrected chi connectivity index (χ3v) is 9.46. The van der Waals surface area contributed by atoms with E-state index >= 15 is 0 Å². The van der Waals surface area contributed by atoms with Crippen molar-refractivity contribution in [3.05, 3.63) is 163 Å². The number of hydrogen-bond donors (Lipinski definition) is 0. The largest absolute Gasteiger partial charge is 0.465 e. The van der Waals surface area contributed by atoms with Gasteiger partial charge in [-0.15, -0.1) is 0 Å². The second-order valence-electron chi connectivity index (χ2n) is 13.6. The number of rotatable bonds is 5. The Labute approximate surface area is 293 Å². The third-order valence-electron chi connectivity index (χ3n) is 9.46. The summed E-state index contributed by atoms with van der Waals surface area (Å²) in [5.74, 6) is -0.364. The van der Waals surface area contributed by atoms with E-state index in [1.54, 1.807) is 12.1 Å². The quantitative estimate of drug-likeness (QED) is 0.173. The lowest BCUT2D eigenvalue weighted by atomic mass is 9.86. The molecule has 244 valence electrons. The lowest BCUT2D eigenvalue weighted by Gasteiger charge is -2.40. The Morgan fingerprint density at radius 3 is 1.70 bits per heavy atom. The van der Waals surface area contributed by atoms with Crippen molar-refractivity contribution < 1.29 is 9.53 Å². The Balaban J connectivity index is 1.38. The SMILES string of the molecule is COC(=O)c1ccc(-c2cc(-c3ccc(C(C)(C)C)cc3)c3cccc(N4c5ccccc5N(c5ccccc5)c5ccccc54)c3n2)cc1. The third kappa shape index (κ3) is 5.37. The maximum atomic E-state index is 12.3. The van der Waals surface area contributed by atoms with Crippen LogP contribution in [-0.4, -0.2) is 18.1 Å². The highest BCUT2D eigenvalue weighted by Crippen LogP contribution is 2.55. The number of esters is 1. The van der Waals surface area contributed by atoms with Crippen molar-refractivity contribution >= 4 is 51.0 Å². The summed E-state index contributed by atoms with van der Waals surface area (Å²) in [4.78, 5) is 22.3. The first-order chi connectivity index (χ1) is 24.3. The Morgan fingerprint density at radius 1 is 0.580 bits per heavy atom. The van der Waals surface area contributed by atoms with Crippen LogP contribution in [-0.2, 0) is 10.2 Å². The molecule has 0 N–H and O–H groups in total. The average Bonchev–Trinajstić information content (AvgIpc) is 3.16. The molecule has 0 spiro atoms. The number of aromatic nitrogens is 1. The number of methoxy groups -OCH3 is 1. The summed E-state index contributed by atoms with van der Waals surface area (Å²) in [5, 5.41) is 1.06. The van der Waals surface area contributed by atoms with Crippen molar-refractivity contribution in [1.29, 1.82) is 0 Å². The van der Waals surface area contributed by atoms with E-state index in [2.05, 4.69) is 152 Å². The van der Waals surface area contributed by atoms with E-state index in [1.807, 2.05) is 18.2 Å². The molecule has 0 saturated heterocycles. The predicted molar refractivity (Wildman–Crippen MR) is 206 cm³/mol. The molecule has 8 rings (SSSR count). The van der Waals surface area contributed by atoms with Crippen LogP contribution >= 0.6 is 0 Å². The van der Waals surface area contributed by atoms with Crippen molar-refractivity contribution in [2.24, 2.45) is 0 Å². The maximum Gasteiger partial charge on any atom is 0.337 e. The summed E-state index contributed by atoms with van der Waals surface area (Å²) in [5.41, 5.74) is 13.0. The van der Waals surface area contributed by atoms with Crippen LogP contribution in [0.25, 0.3) is 33.3 Å². The molecule has 50 heavy (non-hydrogen) atoms. The fraction of sp³-hybridized carbons (Fsp3) is 0.111. The maximum absolute atomic E-state index is 12.3. The van der Waals surface area contributed by atoms with Gasteiger partial charge in [0.25, 0.3) is 0 Å². The van der Waals surface area contributed by atoms with E-state index in [0.717, 1.165) is 67.4 Å². The Morgan fingerprint density at radius 2 is 1.12 bits per heavy atom. The van der Waals surface area contributed by atoms with Gasteiger partial charge in [0.2, 0.25) is 0 Å². The van der Waals surface area contributed by atoms with Crippen LogP contribution in [0.5, 0.6) is 0 Å². The first-order valence-corrected chi connectivity index (χ1v) is 16.9. The summed E-state index contributed by atoms with van der Waals surface area (Å²) in [7, 11) is 1.40. The minimum atomic E-state index is -0.364. The first-order valence-electron chi connectivity index (χ1n) is 16.9. The standard InChI is InChI=1S/C45H37N3O2/c1-45(2,3)33-27-25-30(26-28-33)36-29-37(31-21-23-32(24-22-31)44(49)50-4)46-43-35(36)15-12-20-42(43)48-40-18-10-8-16-38(40)47(34-13-6-5-7-14-34)39-17-9-11-19-41(39)48/h5-29H,1-4H3. The molecule has 0 radical (unpaired) electrons. The highest BCUT2D eigenvalue weighted by atomic mass is 16.5. The van der Waals surface area contributed by atoms with E-state index in [9.17, 15) is 4.79 Å². The highest BCUT2D eigenvalue weighted by molar-refractivity contribution is 6.09. The Bertz CT molecular complexity index is 2310. The molecule has 2 heterocycles. The van der Waals surface area contributed by atoms with Gasteiger partial charge in [0.1, 0.15) is 0 Å². The molecule has 1 aromatic heterocycles. The normalized spacial score (nSPS) is 12.4. The van der Waals surface area contributed by atoms with Crippen LogP contribution in [0.4, 0.5) is 34.1 Å². The monoisotopic (exact) mass is 651 g/mol. The number of hydrogen-bond acceptors (Lipinski definition) is 5. The molecule has 0 bridgehead atoms. The lowest BCUT2D eigenvalue weighted by Crippen LogP contribution is -2.24. The predicted octanol–water partition coefficient (Wildman–Crippen LogP) is 11.9. The second kappa shape index (κ2) is 12.4. The minimum absolute atomic E-state index is 0.0429. The highest BCUT2D eigenvalue weighted by Gasteiger charge is 2.31. The average molecular weight is 652 g/mol. The van der Waals surface area contributed by atoms with Crippen molar-refractivity contribution in [2.75, 3.05) is 16.9 Å². The van der Waals surface area contributed by atoms with E-state index in [4.69, 9.17) is 9.72 Å². The topological polar surface area (TPSA) is 45.7 Å². The number of carbonyl (C=O) groups excluding carboxylic acids is 1. The second-order valence-corrected chi connectivity index (χ2v) is 13.6. The van der Waals surface area contributed by atoms with E-state index in [0.29, 0.717) is 5.56 Å². The Kier molecular flexibility index (Phi) is 7.68. The number of anilines is 6. The van der Waals surface area contributed by atoms with Gasteiger partial charge in [-0.25, -0.2) is 9.78 Å². The minimum Gasteiger partial charge on any atom is -0.465 e. The summed E-state index contributed by atoms with van der Waals surface area (Å²) in [6, 6.07) is 52.6. The molecule has 5 heteroatoms. The van der Waals surface area contributed by atoms with Crippen LogP contribution in [0.15, 0.2) is 152 Å². The van der Waals surface area contributed by atoms with Gasteiger partial charge < -0.3 is 14.5 Å². The summed E-state index contributed by atoms with van der Waals surface area (Å²) in [6.07, 6.45) is 0. The smallest absolute Gasteiger partial charge is 0.337 e. The number of carbonyl (C=O) groups is 1. The molecule has 0 atom stereocenters. The molecule has 0 saturated carbocycles. The number of para-hydroxylation sites is 6. The molecule has 6 aromatic carbocycles. The number of benzene rings is 6. The van der Waals surface area contributed by atoms with Gasteiger partial charge in [-0.1, -0.05) is 112 Å². The van der Waals surface area contributed by atoms with Crippen LogP contribution in [0, 0.1) is 0 Å². The molecule has 0 fully saturated rings. The number of pyridine rings is 1. The van der Waals surface area contributed by atoms with Gasteiger partial charge >= 0.3 is 5.97 Å². The van der Waals surface area contributed by atoms with E-state index in [1.165, 1.54) is 12.7 Å². The van der Waals surface area contributed by atoms with Crippen LogP contribution in [0.1, 0.15) is 36.7 Å². The van der Waals surface area contributed by atoms with Crippen molar-refractivity contribution in [2.45, 2.75) is 26.2 Å². The van der Waals surface area contributed by atoms with Gasteiger partial charge in [0, 0.05) is 16.6 Å². The van der Waals surface area contributed by atoms with Crippen molar-refractivity contribution in [3.63, 3.8) is 0 Å². The molecule has 0 unspecified atom stereocenters. The van der Waals surface area contributed by atoms with E-state index in [-0.39, 0.29) is 11.4 Å². The van der Waals surface area contributed by atoms with Crippen LogP contribution < -0.4 is 9.80 Å². The number of fused-ring (bicyclic) bond motifs is 3. The Hall–Kier alpha value is -6.20. The molecule has 0 aliphatic carbocycles. The fourth-order valence-corrected chi connectivity index (χ4v) is 6.90. The molecule has 7 aromatic rings. The molecular weight excluding hydrogens is 615 g/mol. The summed E-state index contributed by atoms with van der Waals surface area (Å²) >= 11 is 0. The van der Waals surface area contributed by atoms with Gasteiger partial charge in [0.05, 0.1) is 52.3 Å². The van der Waals surface area contributed by atoms with Crippen molar-refractivity contribution in [1.82, 2.24) is 4.98 Å². The fourth-order valence-electron chi connectivity index (χ4n) is 6.90. The van der Waals surface area contributed by atoms with Crippen molar-refractivity contribution in [3.8, 4) is 22.4 Å². The van der Waals surface area contributed by atoms with Crippen LogP contribution in [0.3, 0.4) is 0 Å². The molecular formula is C45H37N3O2. The molecule has 0 amide bonds. The van der Waals surface area contributed by atoms with Gasteiger partial charge in [-0.3, -0.25) is 0 Å². The lowest BCUT2D eigenvalue weighted by molar-refractivity contribution is 0.0600. The number of nitrogens with zero attached hydrogens (tertiary/aromatic N) is 3. The zero-order chi connectivity index (χ0) is 34.4. The summed E-state index contributed by atoms with van der Waals surface area (Å²) < 4.78 is 4.96. The molecule has 1 aliphatic rings. The number of ether oxygens (including phenoxy) is 1. The van der Waals surface area contributed by atoms with Gasteiger partial charge in [-0.2, -0.15) is 0 Å². The molecule has 1 aliphatic heterocycles. The summed E-state index contributed by atoms with van der Waals surface area (Å²) in [6.45, 7) is 6.71. The van der Waals surface area contributed by atoms with Crippen LogP contribution in [0.2, 0.25) is 0 Å². The van der Waals surface area contributed by atoms with Gasteiger partial charge in [0.15, 0.2) is 0 Å². The zero-order valence-electron chi connectivity index (χ0n) is 28.6. The first kappa shape index (κ1) is 31.1. The zero-order valence-corrected chi connectivity index (χ0v) is 28.6. The van der Waals surface area contributed by atoms with E-state index < -0.39 is 0 Å². The van der Waals surface area contributed by atoms with Gasteiger partial charge in [-0.05, 0) is 82.8 Å².